The minimum absolute atomic E-state index is 0.00798. The summed E-state index contributed by atoms with van der Waals surface area (Å²) in [6.07, 6.45) is 5.92. The van der Waals surface area contributed by atoms with Crippen molar-refractivity contribution in [2.75, 3.05) is 14.2 Å². The van der Waals surface area contributed by atoms with Gasteiger partial charge in [0.05, 0.1) is 19.1 Å². The number of methoxy groups -OCH3 is 2. The smallest absolute Gasteiger partial charge is 0.239 e. The Morgan fingerprint density at radius 1 is 0.920 bits per heavy atom. The number of thioether (sulfide) groups is 1. The average Bonchev–Trinajstić information content (AvgIpc) is 2.66. The summed E-state index contributed by atoms with van der Waals surface area (Å²) in [5, 5.41) is 0. The molecule has 2 aliphatic carbocycles. The molecule has 0 bridgehead atoms. The molecule has 0 fully saturated rings. The van der Waals surface area contributed by atoms with Crippen molar-refractivity contribution >= 4 is 23.3 Å². The highest BCUT2D eigenvalue weighted by atomic mass is 32.2. The molecule has 0 aromatic heterocycles. The van der Waals surface area contributed by atoms with E-state index in [0.717, 1.165) is 36.2 Å². The van der Waals surface area contributed by atoms with Crippen LogP contribution in [0.25, 0.3) is 0 Å². The Morgan fingerprint density at radius 3 is 2.20 bits per heavy atom. The molecule has 2 aliphatic rings. The number of carbonyl (C=O) groups is 2. The van der Waals surface area contributed by atoms with E-state index in [1.54, 1.807) is 0 Å². The minimum Gasteiger partial charge on any atom is -0.489 e. The van der Waals surface area contributed by atoms with Gasteiger partial charge >= 0.3 is 0 Å². The third-order valence-corrected chi connectivity index (χ3v) is 5.36. The van der Waals surface area contributed by atoms with Crippen LogP contribution in [0, 0.1) is 0 Å². The quantitative estimate of drug-likeness (QED) is 0.741. The standard InChI is InChI=1S/C20H20O4S/c1-23-18-16(21)15(13-9-5-3-6-10-13)20(17(22)19(18)24-2)25-14-11-7-4-8-12-14/h4,7-9,11-12H,3,5-6,10H2,1-2H3. The molecule has 0 saturated carbocycles. The zero-order valence-corrected chi connectivity index (χ0v) is 15.2. The summed E-state index contributed by atoms with van der Waals surface area (Å²) in [6, 6.07) is 9.57. The predicted octanol–water partition coefficient (Wildman–Crippen LogP) is 4.19. The number of allylic oxidation sites excluding steroid dienone is 4. The Bertz CT molecular complexity index is 787. The van der Waals surface area contributed by atoms with E-state index in [1.165, 1.54) is 26.0 Å². The molecule has 0 atom stereocenters. The van der Waals surface area contributed by atoms with E-state index in [9.17, 15) is 9.59 Å². The monoisotopic (exact) mass is 356 g/mol. The molecule has 0 unspecified atom stereocenters. The number of Topliss-reactive ketones (excluding diaryl/α,β-unsaturated/α-hetero) is 2. The van der Waals surface area contributed by atoms with Crippen LogP contribution in [0.5, 0.6) is 0 Å². The molecule has 25 heavy (non-hydrogen) atoms. The van der Waals surface area contributed by atoms with Crippen molar-refractivity contribution in [1.82, 2.24) is 0 Å². The summed E-state index contributed by atoms with van der Waals surface area (Å²) in [5.74, 6) is -0.600. The number of benzene rings is 1. The van der Waals surface area contributed by atoms with Crippen LogP contribution in [-0.2, 0) is 19.1 Å². The van der Waals surface area contributed by atoms with E-state index in [4.69, 9.17) is 9.47 Å². The fraction of sp³-hybridized carbons (Fsp3) is 0.300. The Labute approximate surface area is 151 Å². The van der Waals surface area contributed by atoms with Crippen LogP contribution in [-0.4, -0.2) is 25.8 Å². The SMILES string of the molecule is COC1=C(OC)C(=O)C(C2=CCCCC2)=C(Sc2ccccc2)C1=O. The van der Waals surface area contributed by atoms with Crippen molar-refractivity contribution in [2.24, 2.45) is 0 Å². The van der Waals surface area contributed by atoms with Gasteiger partial charge in [-0.2, -0.15) is 0 Å². The molecule has 0 amide bonds. The van der Waals surface area contributed by atoms with Gasteiger partial charge in [0.1, 0.15) is 0 Å². The summed E-state index contributed by atoms with van der Waals surface area (Å²) < 4.78 is 10.4. The third kappa shape index (κ3) is 3.42. The number of hydrogen-bond donors (Lipinski definition) is 0. The van der Waals surface area contributed by atoms with Gasteiger partial charge in [0.2, 0.25) is 23.1 Å². The molecule has 0 aliphatic heterocycles. The normalized spacial score (nSPS) is 18.4. The molecule has 130 valence electrons. The molecule has 4 nitrogen and oxygen atoms in total. The Balaban J connectivity index is 2.12. The first kappa shape index (κ1) is 17.5. The van der Waals surface area contributed by atoms with E-state index < -0.39 is 0 Å². The Morgan fingerprint density at radius 2 is 1.60 bits per heavy atom. The molecule has 0 N–H and O–H groups in total. The van der Waals surface area contributed by atoms with Crippen molar-refractivity contribution in [3.05, 3.63) is 64.0 Å². The van der Waals surface area contributed by atoms with Crippen LogP contribution in [0.15, 0.2) is 68.9 Å². The number of carbonyl (C=O) groups excluding carboxylic acids is 2. The lowest BCUT2D eigenvalue weighted by atomic mass is 9.87. The first-order valence-corrected chi connectivity index (χ1v) is 9.07. The van der Waals surface area contributed by atoms with Crippen molar-refractivity contribution in [3.8, 4) is 0 Å². The van der Waals surface area contributed by atoms with Crippen molar-refractivity contribution < 1.29 is 19.1 Å². The minimum atomic E-state index is -0.297. The lowest BCUT2D eigenvalue weighted by Gasteiger charge is -2.24. The molecular formula is C20H20O4S. The molecule has 0 saturated heterocycles. The Hall–Kier alpha value is -2.27. The highest BCUT2D eigenvalue weighted by molar-refractivity contribution is 8.04. The number of hydrogen-bond acceptors (Lipinski definition) is 5. The van der Waals surface area contributed by atoms with Crippen molar-refractivity contribution in [3.63, 3.8) is 0 Å². The topological polar surface area (TPSA) is 52.6 Å². The maximum absolute atomic E-state index is 13.0. The maximum atomic E-state index is 13.0. The van der Waals surface area contributed by atoms with Gasteiger partial charge in [-0.25, -0.2) is 0 Å². The first-order chi connectivity index (χ1) is 12.2. The molecule has 0 radical (unpaired) electrons. The number of ketones is 2. The molecule has 0 spiro atoms. The summed E-state index contributed by atoms with van der Waals surface area (Å²) >= 11 is 1.31. The van der Waals surface area contributed by atoms with Gasteiger partial charge < -0.3 is 9.47 Å². The van der Waals surface area contributed by atoms with E-state index >= 15 is 0 Å². The van der Waals surface area contributed by atoms with Crippen LogP contribution in [0.2, 0.25) is 0 Å². The predicted molar refractivity (Wildman–Crippen MR) is 96.9 cm³/mol. The fourth-order valence-corrected chi connectivity index (χ4v) is 4.11. The van der Waals surface area contributed by atoms with Gasteiger partial charge in [-0.05, 0) is 43.4 Å². The second-order valence-electron chi connectivity index (χ2n) is 5.82. The van der Waals surface area contributed by atoms with Crippen LogP contribution >= 0.6 is 11.8 Å². The fourth-order valence-electron chi connectivity index (χ4n) is 3.07. The van der Waals surface area contributed by atoms with Crippen LogP contribution < -0.4 is 0 Å². The van der Waals surface area contributed by atoms with E-state index in [1.807, 2.05) is 30.3 Å². The summed E-state index contributed by atoms with van der Waals surface area (Å²) in [4.78, 5) is 27.4. The largest absolute Gasteiger partial charge is 0.489 e. The lowest BCUT2D eigenvalue weighted by Crippen LogP contribution is -2.26. The molecule has 5 heteroatoms. The maximum Gasteiger partial charge on any atom is 0.239 e. The van der Waals surface area contributed by atoms with Gasteiger partial charge in [0.15, 0.2) is 0 Å². The van der Waals surface area contributed by atoms with Crippen LogP contribution in [0.4, 0.5) is 0 Å². The van der Waals surface area contributed by atoms with Gasteiger partial charge in [-0.15, -0.1) is 0 Å². The first-order valence-electron chi connectivity index (χ1n) is 8.25. The highest BCUT2D eigenvalue weighted by Gasteiger charge is 2.38. The third-order valence-electron chi connectivity index (χ3n) is 4.26. The molecule has 1 aromatic rings. The van der Waals surface area contributed by atoms with Gasteiger partial charge in [0.25, 0.3) is 0 Å². The molecule has 0 heterocycles. The Kier molecular flexibility index (Phi) is 5.43. The van der Waals surface area contributed by atoms with Gasteiger partial charge in [-0.1, -0.05) is 36.0 Å². The highest BCUT2D eigenvalue weighted by Crippen LogP contribution is 2.41. The summed E-state index contributed by atoms with van der Waals surface area (Å²) in [6.45, 7) is 0. The van der Waals surface area contributed by atoms with Crippen molar-refractivity contribution in [1.29, 1.82) is 0 Å². The lowest BCUT2D eigenvalue weighted by molar-refractivity contribution is -0.120. The number of rotatable bonds is 5. The average molecular weight is 356 g/mol. The van der Waals surface area contributed by atoms with E-state index in [-0.39, 0.29) is 23.1 Å². The van der Waals surface area contributed by atoms with Crippen LogP contribution in [0.1, 0.15) is 25.7 Å². The zero-order valence-electron chi connectivity index (χ0n) is 14.3. The molecule has 1 aromatic carbocycles. The molecule has 3 rings (SSSR count). The van der Waals surface area contributed by atoms with Crippen LogP contribution in [0.3, 0.4) is 0 Å². The summed E-state index contributed by atoms with van der Waals surface area (Å²) in [7, 11) is 2.77. The van der Waals surface area contributed by atoms with Gasteiger partial charge in [-0.3, -0.25) is 9.59 Å². The molecular weight excluding hydrogens is 336 g/mol. The number of ether oxygens (including phenoxy) is 2. The van der Waals surface area contributed by atoms with E-state index in [0.29, 0.717) is 10.5 Å². The van der Waals surface area contributed by atoms with Crippen molar-refractivity contribution in [2.45, 2.75) is 30.6 Å². The second kappa shape index (κ2) is 7.74. The second-order valence-corrected chi connectivity index (χ2v) is 6.90. The zero-order chi connectivity index (χ0) is 17.8. The van der Waals surface area contributed by atoms with E-state index in [2.05, 4.69) is 6.08 Å². The summed E-state index contributed by atoms with van der Waals surface area (Å²) in [5.41, 5.74) is 1.41. The van der Waals surface area contributed by atoms with Gasteiger partial charge in [0, 0.05) is 10.5 Å².